The van der Waals surface area contributed by atoms with Gasteiger partial charge in [0.05, 0.1) is 20.3 Å². The van der Waals surface area contributed by atoms with E-state index in [1.54, 1.807) is 12.1 Å². The summed E-state index contributed by atoms with van der Waals surface area (Å²) in [5.74, 6) is 0.565. The first-order chi connectivity index (χ1) is 16.4. The molecule has 184 valence electrons. The number of methoxy groups -OCH3 is 1. The van der Waals surface area contributed by atoms with Crippen molar-refractivity contribution >= 4 is 21.6 Å². The second kappa shape index (κ2) is 10.8. The number of fused-ring (bicyclic) bond motifs is 1. The standard InChI is InChI=1S/C25H32N2O6S/c1-3-22(33-21-10-8-18-6-4-5-7-19(18)16-21)25(28)26-20-9-11-23(31-2)24(17-20)34(29,30)27-12-14-32-15-13-27/h8-11,16-17,22H,3-7,12-15H2,1-2H3,(H,26,28)/t22-/m1/s1. The first-order valence-corrected chi connectivity index (χ1v) is 13.2. The Bertz CT molecular complexity index is 1130. The van der Waals surface area contributed by atoms with Gasteiger partial charge < -0.3 is 19.5 Å². The van der Waals surface area contributed by atoms with E-state index in [1.165, 1.54) is 41.4 Å². The number of hydrogen-bond acceptors (Lipinski definition) is 6. The van der Waals surface area contributed by atoms with Crippen LogP contribution in [0.15, 0.2) is 41.3 Å². The number of nitrogens with zero attached hydrogens (tertiary/aromatic N) is 1. The number of nitrogens with one attached hydrogen (secondary N) is 1. The number of aryl methyl sites for hydroxylation is 2. The number of rotatable bonds is 8. The summed E-state index contributed by atoms with van der Waals surface area (Å²) in [6.07, 6.45) is 4.25. The van der Waals surface area contributed by atoms with Gasteiger partial charge >= 0.3 is 0 Å². The van der Waals surface area contributed by atoms with E-state index in [2.05, 4.69) is 11.4 Å². The van der Waals surface area contributed by atoms with Gasteiger partial charge in [-0.3, -0.25) is 4.79 Å². The molecular weight excluding hydrogens is 456 g/mol. The van der Waals surface area contributed by atoms with Crippen molar-refractivity contribution in [1.82, 2.24) is 4.31 Å². The van der Waals surface area contributed by atoms with Crippen LogP contribution in [0.3, 0.4) is 0 Å². The molecule has 1 amide bonds. The summed E-state index contributed by atoms with van der Waals surface area (Å²) in [4.78, 5) is 13.0. The molecule has 9 heteroatoms. The molecule has 1 aliphatic carbocycles. The Morgan fingerprint density at radius 3 is 2.53 bits per heavy atom. The fraction of sp³-hybridized carbons (Fsp3) is 0.480. The Hall–Kier alpha value is -2.62. The Morgan fingerprint density at radius 1 is 1.09 bits per heavy atom. The first-order valence-electron chi connectivity index (χ1n) is 11.8. The molecule has 34 heavy (non-hydrogen) atoms. The molecular formula is C25H32N2O6S. The lowest BCUT2D eigenvalue weighted by Crippen LogP contribution is -2.40. The number of ether oxygens (including phenoxy) is 3. The van der Waals surface area contributed by atoms with Crippen LogP contribution < -0.4 is 14.8 Å². The highest BCUT2D eigenvalue weighted by Crippen LogP contribution is 2.31. The molecule has 2 aliphatic rings. The predicted molar refractivity (Wildman–Crippen MR) is 129 cm³/mol. The zero-order valence-electron chi connectivity index (χ0n) is 19.7. The lowest BCUT2D eigenvalue weighted by molar-refractivity contribution is -0.122. The SMILES string of the molecule is CC[C@@H](Oc1ccc2c(c1)CCCC2)C(=O)Nc1ccc(OC)c(S(=O)(=O)N2CCOCC2)c1. The molecule has 1 aliphatic heterocycles. The van der Waals surface area contributed by atoms with E-state index < -0.39 is 16.1 Å². The van der Waals surface area contributed by atoms with Gasteiger partial charge in [-0.05, 0) is 73.6 Å². The summed E-state index contributed by atoms with van der Waals surface area (Å²) in [5.41, 5.74) is 3.00. The van der Waals surface area contributed by atoms with Gasteiger partial charge in [0.1, 0.15) is 16.4 Å². The fourth-order valence-corrected chi connectivity index (χ4v) is 5.96. The van der Waals surface area contributed by atoms with Gasteiger partial charge in [-0.25, -0.2) is 8.42 Å². The van der Waals surface area contributed by atoms with Crippen LogP contribution in [-0.4, -0.2) is 58.1 Å². The molecule has 0 unspecified atom stereocenters. The van der Waals surface area contributed by atoms with Crippen LogP contribution in [0.4, 0.5) is 5.69 Å². The third kappa shape index (κ3) is 5.37. The highest BCUT2D eigenvalue weighted by atomic mass is 32.2. The highest BCUT2D eigenvalue weighted by Gasteiger charge is 2.30. The number of hydrogen-bond donors (Lipinski definition) is 1. The number of carbonyl (C=O) groups is 1. The van der Waals surface area contributed by atoms with E-state index in [1.807, 2.05) is 19.1 Å². The van der Waals surface area contributed by atoms with E-state index in [9.17, 15) is 13.2 Å². The van der Waals surface area contributed by atoms with Crippen molar-refractivity contribution in [2.75, 3.05) is 38.7 Å². The Labute approximate surface area is 201 Å². The Kier molecular flexibility index (Phi) is 7.75. The maximum absolute atomic E-state index is 13.2. The summed E-state index contributed by atoms with van der Waals surface area (Å²) in [6.45, 7) is 3.11. The summed E-state index contributed by atoms with van der Waals surface area (Å²) >= 11 is 0. The summed E-state index contributed by atoms with van der Waals surface area (Å²) in [6, 6.07) is 10.6. The van der Waals surface area contributed by atoms with Gasteiger partial charge in [0.15, 0.2) is 6.10 Å². The van der Waals surface area contributed by atoms with Crippen molar-refractivity contribution in [2.45, 2.75) is 50.0 Å². The molecule has 1 N–H and O–H groups in total. The molecule has 0 saturated carbocycles. The smallest absolute Gasteiger partial charge is 0.265 e. The van der Waals surface area contributed by atoms with E-state index in [4.69, 9.17) is 14.2 Å². The summed E-state index contributed by atoms with van der Waals surface area (Å²) in [7, 11) is -2.38. The molecule has 1 fully saturated rings. The van der Waals surface area contributed by atoms with Crippen LogP contribution in [-0.2, 0) is 32.4 Å². The minimum absolute atomic E-state index is 0.0124. The molecule has 2 aromatic carbocycles. The minimum atomic E-state index is -3.80. The zero-order chi connectivity index (χ0) is 24.1. The van der Waals surface area contributed by atoms with E-state index in [0.717, 1.165) is 12.8 Å². The molecule has 1 atom stereocenters. The molecule has 0 radical (unpaired) electrons. The van der Waals surface area contributed by atoms with Crippen LogP contribution in [0.1, 0.15) is 37.3 Å². The zero-order valence-corrected chi connectivity index (χ0v) is 20.5. The quantitative estimate of drug-likeness (QED) is 0.612. The molecule has 1 saturated heterocycles. The third-order valence-electron chi connectivity index (χ3n) is 6.28. The number of benzene rings is 2. The lowest BCUT2D eigenvalue weighted by atomic mass is 9.92. The van der Waals surface area contributed by atoms with Crippen LogP contribution in [0.25, 0.3) is 0 Å². The van der Waals surface area contributed by atoms with Crippen molar-refractivity contribution in [2.24, 2.45) is 0 Å². The van der Waals surface area contributed by atoms with Gasteiger partial charge in [0.25, 0.3) is 5.91 Å². The number of anilines is 1. The Morgan fingerprint density at radius 2 is 1.82 bits per heavy atom. The molecule has 4 rings (SSSR count). The van der Waals surface area contributed by atoms with E-state index >= 15 is 0 Å². The summed E-state index contributed by atoms with van der Waals surface area (Å²) in [5, 5.41) is 2.82. The number of sulfonamides is 1. The van der Waals surface area contributed by atoms with Crippen LogP contribution in [0.2, 0.25) is 0 Å². The number of morpholine rings is 1. The average molecular weight is 489 g/mol. The number of amides is 1. The van der Waals surface area contributed by atoms with Crippen molar-refractivity contribution < 1.29 is 27.4 Å². The molecule has 0 aromatic heterocycles. The normalized spacial score (nSPS) is 17.5. The fourth-order valence-electron chi connectivity index (χ4n) is 4.37. The van der Waals surface area contributed by atoms with Gasteiger partial charge in [-0.15, -0.1) is 0 Å². The van der Waals surface area contributed by atoms with Crippen LogP contribution in [0.5, 0.6) is 11.5 Å². The first kappa shape index (κ1) is 24.5. The Balaban J connectivity index is 1.51. The second-order valence-corrected chi connectivity index (χ2v) is 10.4. The van der Waals surface area contributed by atoms with Crippen molar-refractivity contribution in [1.29, 1.82) is 0 Å². The van der Waals surface area contributed by atoms with Crippen molar-refractivity contribution in [3.05, 3.63) is 47.5 Å². The van der Waals surface area contributed by atoms with E-state index in [-0.39, 0.29) is 29.6 Å². The molecule has 1 heterocycles. The van der Waals surface area contributed by atoms with Gasteiger partial charge in [0.2, 0.25) is 10.0 Å². The minimum Gasteiger partial charge on any atom is -0.495 e. The van der Waals surface area contributed by atoms with E-state index in [0.29, 0.717) is 31.1 Å². The molecule has 0 bridgehead atoms. The van der Waals surface area contributed by atoms with Crippen molar-refractivity contribution in [3.8, 4) is 11.5 Å². The summed E-state index contributed by atoms with van der Waals surface area (Å²) < 4.78 is 44.4. The van der Waals surface area contributed by atoms with Crippen LogP contribution >= 0.6 is 0 Å². The molecule has 0 spiro atoms. The number of carbonyl (C=O) groups excluding carboxylic acids is 1. The topological polar surface area (TPSA) is 94.2 Å². The van der Waals surface area contributed by atoms with Gasteiger partial charge in [0, 0.05) is 18.8 Å². The van der Waals surface area contributed by atoms with Gasteiger partial charge in [-0.2, -0.15) is 4.31 Å². The van der Waals surface area contributed by atoms with Crippen LogP contribution in [0, 0.1) is 0 Å². The predicted octanol–water partition coefficient (Wildman–Crippen LogP) is 3.39. The largest absolute Gasteiger partial charge is 0.495 e. The highest BCUT2D eigenvalue weighted by molar-refractivity contribution is 7.89. The maximum atomic E-state index is 13.2. The third-order valence-corrected chi connectivity index (χ3v) is 8.20. The van der Waals surface area contributed by atoms with Gasteiger partial charge in [-0.1, -0.05) is 13.0 Å². The molecule has 2 aromatic rings. The monoisotopic (exact) mass is 488 g/mol. The molecule has 8 nitrogen and oxygen atoms in total. The maximum Gasteiger partial charge on any atom is 0.265 e. The average Bonchev–Trinajstić information content (AvgIpc) is 2.87. The van der Waals surface area contributed by atoms with Crippen molar-refractivity contribution in [3.63, 3.8) is 0 Å². The second-order valence-electron chi connectivity index (χ2n) is 8.52. The lowest BCUT2D eigenvalue weighted by Gasteiger charge is -2.27.